The van der Waals surface area contributed by atoms with Crippen LogP contribution in [0.2, 0.25) is 5.15 Å². The summed E-state index contributed by atoms with van der Waals surface area (Å²) in [6.45, 7) is 2.56. The molecule has 0 radical (unpaired) electrons. The van der Waals surface area contributed by atoms with Gasteiger partial charge in [0, 0.05) is 31.9 Å². The Balaban J connectivity index is 1.51. The molecule has 3 fully saturated rings. The van der Waals surface area contributed by atoms with Gasteiger partial charge in [-0.3, -0.25) is 4.79 Å². The lowest BCUT2D eigenvalue weighted by molar-refractivity contribution is -0.138. The van der Waals surface area contributed by atoms with Crippen molar-refractivity contribution in [2.75, 3.05) is 24.5 Å². The molecule has 5 nitrogen and oxygen atoms in total. The number of aromatic nitrogens is 2. The highest BCUT2D eigenvalue weighted by Gasteiger charge is 2.50. The highest BCUT2D eigenvalue weighted by atomic mass is 35.5. The molecule has 3 aliphatic rings. The van der Waals surface area contributed by atoms with E-state index in [1.807, 2.05) is 0 Å². The van der Waals surface area contributed by atoms with Crippen molar-refractivity contribution >= 4 is 23.5 Å². The molecule has 1 aromatic heterocycles. The quantitative estimate of drug-likeness (QED) is 0.769. The van der Waals surface area contributed by atoms with Crippen LogP contribution in [0.3, 0.4) is 0 Å². The lowest BCUT2D eigenvalue weighted by atomic mass is 9.78. The maximum absolute atomic E-state index is 13.3. The van der Waals surface area contributed by atoms with Gasteiger partial charge in [0.1, 0.15) is 5.15 Å². The Hall–Kier alpha value is -1.36. The van der Waals surface area contributed by atoms with Crippen molar-refractivity contribution in [1.82, 2.24) is 14.9 Å². The maximum atomic E-state index is 13.3. The van der Waals surface area contributed by atoms with Crippen LogP contribution >= 0.6 is 11.6 Å². The molecule has 1 spiro atoms. The lowest BCUT2D eigenvalue weighted by Crippen LogP contribution is -2.50. The third kappa shape index (κ3) is 2.87. The highest BCUT2D eigenvalue weighted by Crippen LogP contribution is 2.43. The first kappa shape index (κ1) is 16.1. The zero-order chi connectivity index (χ0) is 16.6. The number of piperidine rings is 1. The second-order valence-electron chi connectivity index (χ2n) is 7.53. The molecule has 1 aromatic rings. The molecule has 1 amide bonds. The molecule has 1 unspecified atom stereocenters. The largest absolute Gasteiger partial charge is 0.340 e. The van der Waals surface area contributed by atoms with Crippen LogP contribution in [0.5, 0.6) is 0 Å². The van der Waals surface area contributed by atoms with E-state index in [0.29, 0.717) is 23.1 Å². The first-order valence-electron chi connectivity index (χ1n) is 9.23. The van der Waals surface area contributed by atoms with Crippen LogP contribution in [0.25, 0.3) is 0 Å². The van der Waals surface area contributed by atoms with E-state index < -0.39 is 0 Å². The number of hydrogen-bond acceptors (Lipinski definition) is 4. The minimum Gasteiger partial charge on any atom is -0.340 e. The summed E-state index contributed by atoms with van der Waals surface area (Å²) in [6, 6.07) is 2.17. The molecule has 3 heterocycles. The Bertz CT molecular complexity index is 619. The highest BCUT2D eigenvalue weighted by molar-refractivity contribution is 6.29. The third-order valence-electron chi connectivity index (χ3n) is 6.03. The second-order valence-corrected chi connectivity index (χ2v) is 7.91. The van der Waals surface area contributed by atoms with E-state index in [1.54, 1.807) is 12.3 Å². The molecule has 1 atom stereocenters. The van der Waals surface area contributed by atoms with Crippen molar-refractivity contribution in [3.63, 3.8) is 0 Å². The summed E-state index contributed by atoms with van der Waals surface area (Å²) in [5.74, 6) is 1.03. The summed E-state index contributed by atoms with van der Waals surface area (Å²) in [7, 11) is 0. The van der Waals surface area contributed by atoms with E-state index in [-0.39, 0.29) is 5.41 Å². The summed E-state index contributed by atoms with van der Waals surface area (Å²) in [5, 5.41) is 0.459. The van der Waals surface area contributed by atoms with Gasteiger partial charge in [-0.1, -0.05) is 30.9 Å². The van der Waals surface area contributed by atoms with Crippen LogP contribution in [0, 0.1) is 5.41 Å². The zero-order valence-corrected chi connectivity index (χ0v) is 14.8. The fourth-order valence-electron chi connectivity index (χ4n) is 4.75. The van der Waals surface area contributed by atoms with Crippen LogP contribution in [0.1, 0.15) is 51.4 Å². The van der Waals surface area contributed by atoms with Crippen LogP contribution in [0.4, 0.5) is 5.95 Å². The molecule has 1 saturated carbocycles. The summed E-state index contributed by atoms with van der Waals surface area (Å²) in [4.78, 5) is 26.3. The molecule has 2 aliphatic heterocycles. The van der Waals surface area contributed by atoms with Crippen molar-refractivity contribution in [1.29, 1.82) is 0 Å². The normalized spacial score (nSPS) is 28.8. The van der Waals surface area contributed by atoms with E-state index in [2.05, 4.69) is 19.8 Å². The van der Waals surface area contributed by atoms with Gasteiger partial charge in [-0.2, -0.15) is 0 Å². The number of nitrogens with zero attached hydrogens (tertiary/aromatic N) is 4. The van der Waals surface area contributed by atoms with Crippen molar-refractivity contribution in [3.05, 3.63) is 17.4 Å². The van der Waals surface area contributed by atoms with E-state index in [1.165, 1.54) is 32.1 Å². The smallest absolute Gasteiger partial charge is 0.230 e. The molecule has 130 valence electrons. The number of anilines is 1. The van der Waals surface area contributed by atoms with Gasteiger partial charge < -0.3 is 9.80 Å². The number of rotatable bonds is 2. The van der Waals surface area contributed by atoms with Gasteiger partial charge in [-0.05, 0) is 38.2 Å². The number of amides is 1. The number of carbonyl (C=O) groups is 1. The Kier molecular flexibility index (Phi) is 4.37. The first-order chi connectivity index (χ1) is 11.7. The topological polar surface area (TPSA) is 49.3 Å². The Labute approximate surface area is 148 Å². The van der Waals surface area contributed by atoms with Crippen LogP contribution < -0.4 is 4.90 Å². The van der Waals surface area contributed by atoms with Crippen molar-refractivity contribution in [3.8, 4) is 0 Å². The molecule has 6 heteroatoms. The van der Waals surface area contributed by atoms with Crippen molar-refractivity contribution in [2.24, 2.45) is 5.41 Å². The average Bonchev–Trinajstić information content (AvgIpc) is 2.92. The average molecular weight is 349 g/mol. The van der Waals surface area contributed by atoms with Gasteiger partial charge in [0.05, 0.1) is 5.41 Å². The van der Waals surface area contributed by atoms with Gasteiger partial charge in [0.25, 0.3) is 0 Å². The molecule has 0 bridgehead atoms. The molecule has 0 N–H and O–H groups in total. The predicted octanol–water partition coefficient (Wildman–Crippen LogP) is 3.28. The summed E-state index contributed by atoms with van der Waals surface area (Å²) in [5.41, 5.74) is -0.235. The standard InChI is InChI=1S/C18H25ClN4O/c19-15-7-10-20-17(21-15)22-11-4-8-18(13-22)9-12-23(16(18)24)14-5-2-1-3-6-14/h7,10,14H,1-6,8-9,11-13H2. The minimum absolute atomic E-state index is 0.235. The SMILES string of the molecule is O=C1N(C2CCCCC2)CCC12CCCN(c1nccc(Cl)n1)C2. The first-order valence-corrected chi connectivity index (χ1v) is 9.60. The minimum atomic E-state index is -0.235. The molecule has 24 heavy (non-hydrogen) atoms. The van der Waals surface area contributed by atoms with Gasteiger partial charge in [-0.15, -0.1) is 0 Å². The van der Waals surface area contributed by atoms with Crippen molar-refractivity contribution in [2.45, 2.75) is 57.4 Å². The summed E-state index contributed by atoms with van der Waals surface area (Å²) < 4.78 is 0. The molecule has 2 saturated heterocycles. The van der Waals surface area contributed by atoms with Crippen LogP contribution in [-0.2, 0) is 4.79 Å². The summed E-state index contributed by atoms with van der Waals surface area (Å²) in [6.07, 6.45) is 10.9. The molecular formula is C18H25ClN4O. The number of likely N-dealkylation sites (tertiary alicyclic amines) is 1. The van der Waals surface area contributed by atoms with E-state index in [0.717, 1.165) is 38.9 Å². The Morgan fingerprint density at radius 2 is 1.96 bits per heavy atom. The maximum Gasteiger partial charge on any atom is 0.230 e. The Morgan fingerprint density at radius 1 is 1.12 bits per heavy atom. The Morgan fingerprint density at radius 3 is 2.75 bits per heavy atom. The van der Waals surface area contributed by atoms with Crippen LogP contribution in [0.15, 0.2) is 12.3 Å². The van der Waals surface area contributed by atoms with E-state index in [4.69, 9.17) is 11.6 Å². The third-order valence-corrected chi connectivity index (χ3v) is 6.24. The number of hydrogen-bond donors (Lipinski definition) is 0. The monoisotopic (exact) mass is 348 g/mol. The second kappa shape index (κ2) is 6.51. The van der Waals surface area contributed by atoms with E-state index >= 15 is 0 Å². The fraction of sp³-hybridized carbons (Fsp3) is 0.722. The fourth-order valence-corrected chi connectivity index (χ4v) is 4.88. The number of carbonyl (C=O) groups excluding carboxylic acids is 1. The van der Waals surface area contributed by atoms with Gasteiger partial charge in [0.2, 0.25) is 11.9 Å². The van der Waals surface area contributed by atoms with Crippen molar-refractivity contribution < 1.29 is 4.79 Å². The van der Waals surface area contributed by atoms with Gasteiger partial charge >= 0.3 is 0 Å². The molecular weight excluding hydrogens is 324 g/mol. The van der Waals surface area contributed by atoms with E-state index in [9.17, 15) is 4.79 Å². The van der Waals surface area contributed by atoms with Crippen LogP contribution in [-0.4, -0.2) is 46.5 Å². The zero-order valence-electron chi connectivity index (χ0n) is 14.1. The lowest BCUT2D eigenvalue weighted by Gasteiger charge is -2.40. The number of halogens is 1. The van der Waals surface area contributed by atoms with Gasteiger partial charge in [0.15, 0.2) is 0 Å². The molecule has 0 aromatic carbocycles. The predicted molar refractivity (Wildman–Crippen MR) is 94.1 cm³/mol. The summed E-state index contributed by atoms with van der Waals surface area (Å²) >= 11 is 6.02. The molecule has 4 rings (SSSR count). The van der Waals surface area contributed by atoms with Gasteiger partial charge in [-0.25, -0.2) is 9.97 Å². The molecule has 1 aliphatic carbocycles.